The SMILES string of the molecule is COc1cccc2cc(-c3cn(-c4cccc(C)c4)c(=S)[nH]3)c(=O)oc12. The number of aromatic amines is 1. The molecule has 2 aromatic heterocycles. The summed E-state index contributed by atoms with van der Waals surface area (Å²) in [6, 6.07) is 15.2. The molecular formula is C20H16N2O3S. The van der Waals surface area contributed by atoms with Gasteiger partial charge < -0.3 is 14.1 Å². The summed E-state index contributed by atoms with van der Waals surface area (Å²) in [4.78, 5) is 15.6. The Morgan fingerprint density at radius 2 is 1.96 bits per heavy atom. The van der Waals surface area contributed by atoms with Crippen LogP contribution in [0.25, 0.3) is 27.9 Å². The first-order valence-electron chi connectivity index (χ1n) is 8.07. The minimum Gasteiger partial charge on any atom is -0.493 e. The number of nitrogens with zero attached hydrogens (tertiary/aromatic N) is 1. The average Bonchev–Trinajstić information content (AvgIpc) is 3.02. The molecule has 130 valence electrons. The molecule has 2 heterocycles. The molecule has 4 aromatic rings. The molecule has 4 rings (SSSR count). The second-order valence-corrected chi connectivity index (χ2v) is 6.39. The first kappa shape index (κ1) is 16.4. The number of imidazole rings is 1. The number of hydrogen-bond donors (Lipinski definition) is 1. The molecule has 0 radical (unpaired) electrons. The Balaban J connectivity index is 1.89. The van der Waals surface area contributed by atoms with Gasteiger partial charge in [-0.2, -0.15) is 0 Å². The predicted octanol–water partition coefficient (Wildman–Crippen LogP) is 4.63. The van der Waals surface area contributed by atoms with E-state index < -0.39 is 5.63 Å². The number of nitrogens with one attached hydrogen (secondary N) is 1. The van der Waals surface area contributed by atoms with E-state index in [2.05, 4.69) is 4.98 Å². The van der Waals surface area contributed by atoms with E-state index in [1.807, 2.05) is 54.1 Å². The topological polar surface area (TPSA) is 60.2 Å². The third kappa shape index (κ3) is 2.74. The number of benzene rings is 2. The molecule has 0 fully saturated rings. The smallest absolute Gasteiger partial charge is 0.345 e. The lowest BCUT2D eigenvalue weighted by molar-refractivity contribution is 0.407. The van der Waals surface area contributed by atoms with E-state index >= 15 is 0 Å². The van der Waals surface area contributed by atoms with E-state index in [0.717, 1.165) is 16.6 Å². The van der Waals surface area contributed by atoms with Gasteiger partial charge in [0.15, 0.2) is 16.1 Å². The van der Waals surface area contributed by atoms with Crippen LogP contribution in [-0.2, 0) is 0 Å². The molecular weight excluding hydrogens is 348 g/mol. The zero-order valence-electron chi connectivity index (χ0n) is 14.3. The molecule has 0 aliphatic rings. The zero-order valence-corrected chi connectivity index (χ0v) is 15.1. The van der Waals surface area contributed by atoms with E-state index in [0.29, 0.717) is 27.4 Å². The van der Waals surface area contributed by atoms with E-state index in [9.17, 15) is 4.79 Å². The van der Waals surface area contributed by atoms with Crippen molar-refractivity contribution in [2.75, 3.05) is 7.11 Å². The summed E-state index contributed by atoms with van der Waals surface area (Å²) >= 11 is 5.43. The van der Waals surface area contributed by atoms with Crippen molar-refractivity contribution in [3.05, 3.63) is 75.5 Å². The van der Waals surface area contributed by atoms with Gasteiger partial charge in [-0.3, -0.25) is 4.57 Å². The Hall–Kier alpha value is -3.12. The van der Waals surface area contributed by atoms with Crippen LogP contribution >= 0.6 is 12.2 Å². The molecule has 0 aliphatic carbocycles. The van der Waals surface area contributed by atoms with Gasteiger partial charge in [-0.1, -0.05) is 24.3 Å². The van der Waals surface area contributed by atoms with Gasteiger partial charge in [0.05, 0.1) is 18.4 Å². The quantitative estimate of drug-likeness (QED) is 0.425. The first-order chi connectivity index (χ1) is 12.6. The van der Waals surface area contributed by atoms with Crippen molar-refractivity contribution in [1.29, 1.82) is 0 Å². The van der Waals surface area contributed by atoms with Crippen molar-refractivity contribution in [2.24, 2.45) is 0 Å². The van der Waals surface area contributed by atoms with Crippen LogP contribution < -0.4 is 10.4 Å². The molecule has 0 atom stereocenters. The molecule has 0 amide bonds. The van der Waals surface area contributed by atoms with Gasteiger partial charge >= 0.3 is 5.63 Å². The van der Waals surface area contributed by atoms with Crippen LogP contribution in [-0.4, -0.2) is 16.7 Å². The maximum atomic E-state index is 12.5. The molecule has 0 spiro atoms. The Bertz CT molecular complexity index is 1230. The van der Waals surface area contributed by atoms with Gasteiger partial charge in [0.1, 0.15) is 0 Å². The van der Waals surface area contributed by atoms with Crippen molar-refractivity contribution < 1.29 is 9.15 Å². The maximum absolute atomic E-state index is 12.5. The van der Waals surface area contributed by atoms with Gasteiger partial charge in [-0.05, 0) is 49.0 Å². The molecule has 0 aliphatic heterocycles. The minimum atomic E-state index is -0.449. The number of para-hydroxylation sites is 1. The fourth-order valence-corrected chi connectivity index (χ4v) is 3.24. The average molecular weight is 364 g/mol. The van der Waals surface area contributed by atoms with Crippen molar-refractivity contribution >= 4 is 23.2 Å². The summed E-state index contributed by atoms with van der Waals surface area (Å²) in [5.74, 6) is 0.524. The number of hydrogen-bond acceptors (Lipinski definition) is 4. The van der Waals surface area contributed by atoms with E-state index in [4.69, 9.17) is 21.4 Å². The predicted molar refractivity (Wildman–Crippen MR) is 104 cm³/mol. The van der Waals surface area contributed by atoms with Gasteiger partial charge in [-0.25, -0.2) is 4.79 Å². The fourth-order valence-electron chi connectivity index (χ4n) is 2.97. The highest BCUT2D eigenvalue weighted by Crippen LogP contribution is 2.27. The van der Waals surface area contributed by atoms with Crippen LogP contribution in [0.3, 0.4) is 0 Å². The van der Waals surface area contributed by atoms with Gasteiger partial charge in [0.2, 0.25) is 0 Å². The molecule has 0 saturated heterocycles. The summed E-state index contributed by atoms with van der Waals surface area (Å²) in [5, 5.41) is 0.779. The molecule has 5 nitrogen and oxygen atoms in total. The summed E-state index contributed by atoms with van der Waals surface area (Å²) in [6.45, 7) is 2.02. The second-order valence-electron chi connectivity index (χ2n) is 6.01. The molecule has 0 bridgehead atoms. The number of rotatable bonds is 3. The van der Waals surface area contributed by atoms with Gasteiger partial charge in [-0.15, -0.1) is 0 Å². The summed E-state index contributed by atoms with van der Waals surface area (Å²) in [5.41, 5.74) is 3.07. The molecule has 1 N–H and O–H groups in total. The lowest BCUT2D eigenvalue weighted by atomic mass is 10.1. The highest BCUT2D eigenvalue weighted by molar-refractivity contribution is 7.71. The lowest BCUT2D eigenvalue weighted by Crippen LogP contribution is -2.03. The number of aromatic nitrogens is 2. The number of H-pyrrole nitrogens is 1. The Kier molecular flexibility index (Phi) is 3.97. The normalized spacial score (nSPS) is 11.0. The lowest BCUT2D eigenvalue weighted by Gasteiger charge is -2.05. The summed E-state index contributed by atoms with van der Waals surface area (Å²) < 4.78 is 13.1. The molecule has 0 unspecified atom stereocenters. The van der Waals surface area contributed by atoms with Crippen molar-refractivity contribution in [3.8, 4) is 22.7 Å². The molecule has 2 aromatic carbocycles. The largest absolute Gasteiger partial charge is 0.493 e. The van der Waals surface area contributed by atoms with Crippen LogP contribution in [0.5, 0.6) is 5.75 Å². The van der Waals surface area contributed by atoms with Crippen molar-refractivity contribution in [2.45, 2.75) is 6.92 Å². The maximum Gasteiger partial charge on any atom is 0.345 e. The minimum absolute atomic E-state index is 0.420. The van der Waals surface area contributed by atoms with Gasteiger partial charge in [0.25, 0.3) is 0 Å². The van der Waals surface area contributed by atoms with Crippen LogP contribution in [0.1, 0.15) is 5.56 Å². The zero-order chi connectivity index (χ0) is 18.3. The van der Waals surface area contributed by atoms with E-state index in [1.54, 1.807) is 19.2 Å². The standard InChI is InChI=1S/C20H16N2O3S/c1-12-5-3-7-14(9-12)22-11-16(21-20(22)26)15-10-13-6-4-8-17(24-2)18(13)25-19(15)23/h3-11H,1-2H3,(H,21,26). The summed E-state index contributed by atoms with van der Waals surface area (Å²) in [7, 11) is 1.54. The van der Waals surface area contributed by atoms with Gasteiger partial charge in [0, 0.05) is 17.3 Å². The Morgan fingerprint density at radius 3 is 2.73 bits per heavy atom. The third-order valence-electron chi connectivity index (χ3n) is 4.23. The highest BCUT2D eigenvalue weighted by atomic mass is 32.1. The highest BCUT2D eigenvalue weighted by Gasteiger charge is 2.13. The summed E-state index contributed by atoms with van der Waals surface area (Å²) in [6.07, 6.45) is 1.81. The van der Waals surface area contributed by atoms with Crippen LogP contribution in [0, 0.1) is 11.7 Å². The number of methoxy groups -OCH3 is 1. The Morgan fingerprint density at radius 1 is 1.15 bits per heavy atom. The van der Waals surface area contributed by atoms with Crippen LogP contribution in [0.15, 0.2) is 63.9 Å². The van der Waals surface area contributed by atoms with Crippen LogP contribution in [0.4, 0.5) is 0 Å². The molecule has 6 heteroatoms. The van der Waals surface area contributed by atoms with Crippen LogP contribution in [0.2, 0.25) is 0 Å². The fraction of sp³-hybridized carbons (Fsp3) is 0.100. The van der Waals surface area contributed by atoms with E-state index in [1.165, 1.54) is 0 Å². The second kappa shape index (κ2) is 6.31. The Labute approximate surface area is 154 Å². The van der Waals surface area contributed by atoms with Crippen molar-refractivity contribution in [3.63, 3.8) is 0 Å². The molecule has 0 saturated carbocycles. The number of aryl methyl sites for hydroxylation is 1. The monoisotopic (exact) mass is 364 g/mol. The van der Waals surface area contributed by atoms with Crippen molar-refractivity contribution in [1.82, 2.24) is 9.55 Å². The number of ether oxygens (including phenoxy) is 1. The molecule has 26 heavy (non-hydrogen) atoms. The third-order valence-corrected chi connectivity index (χ3v) is 4.53. The van der Waals surface area contributed by atoms with E-state index in [-0.39, 0.29) is 0 Å². The first-order valence-corrected chi connectivity index (χ1v) is 8.47. The number of fused-ring (bicyclic) bond motifs is 1.